The predicted molar refractivity (Wildman–Crippen MR) is 40.1 cm³/mol. The highest BCUT2D eigenvalue weighted by Crippen LogP contribution is 2.27. The van der Waals surface area contributed by atoms with Crippen molar-refractivity contribution in [2.45, 2.75) is 0 Å². The zero-order valence-corrected chi connectivity index (χ0v) is 5.45. The smallest absolute Gasteiger partial charge is 0.145 e. The molecule has 0 amide bonds. The van der Waals surface area contributed by atoms with E-state index in [1.54, 1.807) is 6.21 Å². The van der Waals surface area contributed by atoms with Crippen molar-refractivity contribution in [1.29, 1.82) is 0 Å². The van der Waals surface area contributed by atoms with Crippen LogP contribution in [-0.4, -0.2) is 12.8 Å². The minimum atomic E-state index is 0.594. The fraction of sp³-hybridized carbons (Fsp3) is 0.125. The molecule has 2 heteroatoms. The molecule has 0 saturated carbocycles. The van der Waals surface area contributed by atoms with Crippen molar-refractivity contribution in [2.24, 2.45) is 4.99 Å². The number of ether oxygens (including phenoxy) is 1. The van der Waals surface area contributed by atoms with E-state index in [0.717, 1.165) is 11.4 Å². The Morgan fingerprint density at radius 1 is 1.30 bits per heavy atom. The Balaban J connectivity index is 2.54. The minimum Gasteiger partial charge on any atom is -0.486 e. The highest BCUT2D eigenvalue weighted by atomic mass is 16.5. The van der Waals surface area contributed by atoms with Gasteiger partial charge in [-0.25, -0.2) is 0 Å². The number of benzene rings is 1. The Labute approximate surface area is 59.2 Å². The van der Waals surface area contributed by atoms with Crippen molar-refractivity contribution in [3.8, 4) is 5.75 Å². The van der Waals surface area contributed by atoms with Crippen molar-refractivity contribution in [1.82, 2.24) is 0 Å². The number of rotatable bonds is 0. The molecule has 0 bridgehead atoms. The molecule has 2 nitrogen and oxygen atoms in total. The van der Waals surface area contributed by atoms with Gasteiger partial charge in [0.2, 0.25) is 0 Å². The number of aliphatic imine (C=N–C) groups is 1. The summed E-state index contributed by atoms with van der Waals surface area (Å²) in [5.41, 5.74) is 0.925. The molecule has 0 atom stereocenters. The van der Waals surface area contributed by atoms with Gasteiger partial charge in [-0.1, -0.05) is 12.1 Å². The van der Waals surface area contributed by atoms with Crippen LogP contribution in [-0.2, 0) is 0 Å². The van der Waals surface area contributed by atoms with E-state index >= 15 is 0 Å². The lowest BCUT2D eigenvalue weighted by Crippen LogP contribution is -2.01. The first-order chi connectivity index (χ1) is 4.97. The Kier molecular flexibility index (Phi) is 1.17. The molecule has 1 aliphatic heterocycles. The van der Waals surface area contributed by atoms with Crippen molar-refractivity contribution in [3.63, 3.8) is 0 Å². The Bertz CT molecular complexity index is 268. The monoisotopic (exact) mass is 133 g/mol. The molecule has 0 unspecified atom stereocenters. The molecule has 1 aliphatic rings. The topological polar surface area (TPSA) is 21.6 Å². The first kappa shape index (κ1) is 5.47. The summed E-state index contributed by atoms with van der Waals surface area (Å²) in [6.45, 7) is 0.594. The van der Waals surface area contributed by atoms with Crippen LogP contribution in [0.5, 0.6) is 5.75 Å². The van der Waals surface area contributed by atoms with Gasteiger partial charge >= 0.3 is 0 Å². The SMILES string of the molecule is C1=Nc2ccccc2OC1. The van der Waals surface area contributed by atoms with Crippen LogP contribution in [0.15, 0.2) is 29.3 Å². The largest absolute Gasteiger partial charge is 0.486 e. The van der Waals surface area contributed by atoms with Gasteiger partial charge in [-0.3, -0.25) is 4.99 Å². The molecule has 1 aromatic rings. The normalized spacial score (nSPS) is 14.0. The van der Waals surface area contributed by atoms with Gasteiger partial charge < -0.3 is 4.74 Å². The molecule has 0 N–H and O–H groups in total. The number of hydrogen-bond donors (Lipinski definition) is 0. The second-order valence-electron chi connectivity index (χ2n) is 2.09. The van der Waals surface area contributed by atoms with E-state index in [2.05, 4.69) is 4.99 Å². The highest BCUT2D eigenvalue weighted by Gasteiger charge is 2.02. The Morgan fingerprint density at radius 2 is 2.20 bits per heavy atom. The van der Waals surface area contributed by atoms with E-state index in [1.165, 1.54) is 0 Å². The van der Waals surface area contributed by atoms with E-state index in [-0.39, 0.29) is 0 Å². The molecule has 10 heavy (non-hydrogen) atoms. The standard InChI is InChI=1S/C8H7NO/c1-2-4-8-7(3-1)9-5-6-10-8/h1-5H,6H2. The second-order valence-corrected chi connectivity index (χ2v) is 2.09. The fourth-order valence-electron chi connectivity index (χ4n) is 0.949. The summed E-state index contributed by atoms with van der Waals surface area (Å²) in [7, 11) is 0. The summed E-state index contributed by atoms with van der Waals surface area (Å²) in [5.74, 6) is 0.880. The third-order valence-corrected chi connectivity index (χ3v) is 1.41. The van der Waals surface area contributed by atoms with Gasteiger partial charge in [0.25, 0.3) is 0 Å². The molecule has 1 aromatic carbocycles. The molecule has 1 heterocycles. The van der Waals surface area contributed by atoms with Crippen molar-refractivity contribution in [3.05, 3.63) is 24.3 Å². The van der Waals surface area contributed by atoms with Crippen molar-refractivity contribution < 1.29 is 4.74 Å². The summed E-state index contributed by atoms with van der Waals surface area (Å²) < 4.78 is 5.27. The molecular formula is C8H7NO. The van der Waals surface area contributed by atoms with Gasteiger partial charge in [0.05, 0.1) is 0 Å². The van der Waals surface area contributed by atoms with Gasteiger partial charge in [0, 0.05) is 6.21 Å². The summed E-state index contributed by atoms with van der Waals surface area (Å²) in [4.78, 5) is 4.14. The van der Waals surface area contributed by atoms with Gasteiger partial charge in [-0.15, -0.1) is 0 Å². The van der Waals surface area contributed by atoms with E-state index in [9.17, 15) is 0 Å². The van der Waals surface area contributed by atoms with E-state index in [4.69, 9.17) is 4.74 Å². The van der Waals surface area contributed by atoms with E-state index in [1.807, 2.05) is 24.3 Å². The van der Waals surface area contributed by atoms with Gasteiger partial charge in [0.1, 0.15) is 18.0 Å². The highest BCUT2D eigenvalue weighted by molar-refractivity contribution is 5.70. The lowest BCUT2D eigenvalue weighted by atomic mass is 10.3. The molecule has 0 radical (unpaired) electrons. The molecule has 0 saturated heterocycles. The summed E-state index contributed by atoms with van der Waals surface area (Å²) >= 11 is 0. The lowest BCUT2D eigenvalue weighted by Gasteiger charge is -2.09. The first-order valence-corrected chi connectivity index (χ1v) is 3.21. The minimum absolute atomic E-state index is 0.594. The number of fused-ring (bicyclic) bond motifs is 1. The Hall–Kier alpha value is -1.31. The maximum Gasteiger partial charge on any atom is 0.145 e. The van der Waals surface area contributed by atoms with Crippen molar-refractivity contribution >= 4 is 11.9 Å². The zero-order valence-electron chi connectivity index (χ0n) is 5.45. The third kappa shape index (κ3) is 0.778. The quantitative estimate of drug-likeness (QED) is 0.528. The van der Waals surface area contributed by atoms with Crippen LogP contribution in [0.3, 0.4) is 0 Å². The van der Waals surface area contributed by atoms with Crippen LogP contribution in [0.4, 0.5) is 5.69 Å². The van der Waals surface area contributed by atoms with Crippen LogP contribution in [0.1, 0.15) is 0 Å². The molecule has 0 fully saturated rings. The molecule has 0 spiro atoms. The number of nitrogens with zero attached hydrogens (tertiary/aromatic N) is 1. The predicted octanol–water partition coefficient (Wildman–Crippen LogP) is 1.78. The zero-order chi connectivity index (χ0) is 6.81. The lowest BCUT2D eigenvalue weighted by molar-refractivity contribution is 0.377. The summed E-state index contributed by atoms with van der Waals surface area (Å²) in [6, 6.07) is 7.75. The summed E-state index contributed by atoms with van der Waals surface area (Å²) in [6.07, 6.45) is 1.77. The average molecular weight is 133 g/mol. The van der Waals surface area contributed by atoms with Gasteiger partial charge in [0.15, 0.2) is 0 Å². The molecule has 50 valence electrons. The third-order valence-electron chi connectivity index (χ3n) is 1.41. The van der Waals surface area contributed by atoms with Crippen LogP contribution in [0, 0.1) is 0 Å². The van der Waals surface area contributed by atoms with Crippen LogP contribution in [0.25, 0.3) is 0 Å². The summed E-state index contributed by atoms with van der Waals surface area (Å²) in [5, 5.41) is 0. The molecular weight excluding hydrogens is 126 g/mol. The van der Waals surface area contributed by atoms with Crippen LogP contribution >= 0.6 is 0 Å². The Morgan fingerprint density at radius 3 is 3.10 bits per heavy atom. The molecule has 0 aliphatic carbocycles. The van der Waals surface area contributed by atoms with E-state index in [0.29, 0.717) is 6.61 Å². The van der Waals surface area contributed by atoms with Crippen LogP contribution in [0.2, 0.25) is 0 Å². The average Bonchev–Trinajstić information content (AvgIpc) is 2.05. The number of hydrogen-bond acceptors (Lipinski definition) is 2. The first-order valence-electron chi connectivity index (χ1n) is 3.21. The van der Waals surface area contributed by atoms with Crippen LogP contribution < -0.4 is 4.74 Å². The van der Waals surface area contributed by atoms with Gasteiger partial charge in [-0.05, 0) is 12.1 Å². The fourth-order valence-corrected chi connectivity index (χ4v) is 0.949. The van der Waals surface area contributed by atoms with Gasteiger partial charge in [-0.2, -0.15) is 0 Å². The molecule has 0 aromatic heterocycles. The number of para-hydroxylation sites is 2. The maximum atomic E-state index is 5.27. The maximum absolute atomic E-state index is 5.27. The second kappa shape index (κ2) is 2.14. The van der Waals surface area contributed by atoms with E-state index < -0.39 is 0 Å². The van der Waals surface area contributed by atoms with Crippen molar-refractivity contribution in [2.75, 3.05) is 6.61 Å². The molecule has 2 rings (SSSR count).